The number of carbonyl (C=O) groups is 1. The molecule has 1 heterocycles. The van der Waals surface area contributed by atoms with E-state index in [4.69, 9.17) is 14.6 Å². The van der Waals surface area contributed by atoms with Crippen LogP contribution in [0.4, 0.5) is 0 Å². The Morgan fingerprint density at radius 3 is 2.36 bits per heavy atom. The summed E-state index contributed by atoms with van der Waals surface area (Å²) in [5.74, 6) is 0.420. The Morgan fingerprint density at radius 1 is 1.04 bits per heavy atom. The van der Waals surface area contributed by atoms with E-state index >= 15 is 0 Å². The average Bonchev–Trinajstić information content (AvgIpc) is 3.16. The third kappa shape index (κ3) is 4.89. The SMILES string of the molecule is CC(C)(C)c1ccc(OCCOc2ccccc2-c2nc(C(=O)O)cs2)cc1. The summed E-state index contributed by atoms with van der Waals surface area (Å²) in [6.07, 6.45) is 0. The van der Waals surface area contributed by atoms with Gasteiger partial charge in [0.2, 0.25) is 0 Å². The van der Waals surface area contributed by atoms with Crippen LogP contribution in [0.2, 0.25) is 0 Å². The number of thiazole rings is 1. The molecule has 0 amide bonds. The number of para-hydroxylation sites is 1. The number of benzene rings is 2. The Bertz CT molecular complexity index is 942. The highest BCUT2D eigenvalue weighted by Crippen LogP contribution is 2.32. The average molecular weight is 397 g/mol. The van der Waals surface area contributed by atoms with Gasteiger partial charge in [0, 0.05) is 5.38 Å². The van der Waals surface area contributed by atoms with Crippen molar-refractivity contribution in [2.45, 2.75) is 26.2 Å². The van der Waals surface area contributed by atoms with Crippen molar-refractivity contribution in [2.75, 3.05) is 13.2 Å². The van der Waals surface area contributed by atoms with E-state index in [9.17, 15) is 4.79 Å². The lowest BCUT2D eigenvalue weighted by molar-refractivity contribution is 0.0691. The maximum absolute atomic E-state index is 11.0. The molecule has 0 bridgehead atoms. The summed E-state index contributed by atoms with van der Waals surface area (Å²) in [7, 11) is 0. The molecule has 2 aromatic carbocycles. The molecule has 0 atom stereocenters. The number of ether oxygens (including phenoxy) is 2. The first-order valence-corrected chi connectivity index (χ1v) is 9.87. The van der Waals surface area contributed by atoms with Crippen LogP contribution in [-0.2, 0) is 5.41 Å². The minimum Gasteiger partial charge on any atom is -0.490 e. The number of aromatic nitrogens is 1. The summed E-state index contributed by atoms with van der Waals surface area (Å²) in [6.45, 7) is 7.30. The number of carboxylic acids is 1. The van der Waals surface area contributed by atoms with Crippen molar-refractivity contribution in [3.63, 3.8) is 0 Å². The lowest BCUT2D eigenvalue weighted by Crippen LogP contribution is -2.11. The zero-order chi connectivity index (χ0) is 20.1. The molecular formula is C22H23NO4S. The summed E-state index contributed by atoms with van der Waals surface area (Å²) in [4.78, 5) is 15.2. The van der Waals surface area contributed by atoms with E-state index < -0.39 is 5.97 Å². The molecule has 0 unspecified atom stereocenters. The topological polar surface area (TPSA) is 68.7 Å². The molecule has 146 valence electrons. The van der Waals surface area contributed by atoms with Gasteiger partial charge in [-0.25, -0.2) is 9.78 Å². The maximum Gasteiger partial charge on any atom is 0.355 e. The molecule has 0 aliphatic heterocycles. The zero-order valence-corrected chi connectivity index (χ0v) is 17.0. The summed E-state index contributed by atoms with van der Waals surface area (Å²) in [6, 6.07) is 15.5. The number of hydrogen-bond donors (Lipinski definition) is 1. The second-order valence-corrected chi connectivity index (χ2v) is 8.17. The van der Waals surface area contributed by atoms with Crippen LogP contribution in [-0.4, -0.2) is 29.3 Å². The second kappa shape index (κ2) is 8.44. The molecule has 0 saturated heterocycles. The number of hydrogen-bond acceptors (Lipinski definition) is 5. The maximum atomic E-state index is 11.0. The van der Waals surface area contributed by atoms with E-state index in [0.717, 1.165) is 11.3 Å². The molecule has 0 aliphatic carbocycles. The number of aromatic carboxylic acids is 1. The Labute approximate surface area is 168 Å². The first-order chi connectivity index (χ1) is 13.3. The fourth-order valence-corrected chi connectivity index (χ4v) is 3.45. The summed E-state index contributed by atoms with van der Waals surface area (Å²) in [5, 5.41) is 11.2. The van der Waals surface area contributed by atoms with Crippen LogP contribution in [0, 0.1) is 0 Å². The molecule has 0 spiro atoms. The van der Waals surface area contributed by atoms with Crippen LogP contribution in [0.3, 0.4) is 0 Å². The standard InChI is InChI=1S/C22H23NO4S/c1-22(2,3)15-8-10-16(11-9-15)26-12-13-27-19-7-5-4-6-17(19)20-23-18(14-28-20)21(24)25/h4-11,14H,12-13H2,1-3H3,(H,24,25). The van der Waals surface area contributed by atoms with Crippen LogP contribution in [0.25, 0.3) is 10.6 Å². The second-order valence-electron chi connectivity index (χ2n) is 7.31. The highest BCUT2D eigenvalue weighted by atomic mass is 32.1. The van der Waals surface area contributed by atoms with Crippen LogP contribution >= 0.6 is 11.3 Å². The number of nitrogens with zero attached hydrogens (tertiary/aromatic N) is 1. The Balaban J connectivity index is 1.59. The lowest BCUT2D eigenvalue weighted by Gasteiger charge is -2.19. The van der Waals surface area contributed by atoms with Gasteiger partial charge in [-0.1, -0.05) is 45.0 Å². The molecule has 1 aromatic heterocycles. The molecule has 0 radical (unpaired) electrons. The first kappa shape index (κ1) is 19.9. The summed E-state index contributed by atoms with van der Waals surface area (Å²) < 4.78 is 11.6. The normalized spacial score (nSPS) is 11.2. The monoisotopic (exact) mass is 397 g/mol. The van der Waals surface area contributed by atoms with Crippen molar-refractivity contribution in [3.05, 3.63) is 65.2 Å². The van der Waals surface area contributed by atoms with Gasteiger partial charge in [-0.05, 0) is 35.2 Å². The van der Waals surface area contributed by atoms with Gasteiger partial charge in [-0.15, -0.1) is 11.3 Å². The molecule has 5 nitrogen and oxygen atoms in total. The summed E-state index contributed by atoms with van der Waals surface area (Å²) in [5.41, 5.74) is 2.18. The van der Waals surface area contributed by atoms with Crippen molar-refractivity contribution < 1.29 is 19.4 Å². The van der Waals surface area contributed by atoms with Gasteiger partial charge < -0.3 is 14.6 Å². The predicted molar refractivity (Wildman–Crippen MR) is 111 cm³/mol. The van der Waals surface area contributed by atoms with Gasteiger partial charge in [0.15, 0.2) is 5.69 Å². The van der Waals surface area contributed by atoms with E-state index in [0.29, 0.717) is 24.0 Å². The zero-order valence-electron chi connectivity index (χ0n) is 16.1. The summed E-state index contributed by atoms with van der Waals surface area (Å²) >= 11 is 1.28. The Hall–Kier alpha value is -2.86. The van der Waals surface area contributed by atoms with Crippen LogP contribution in [0.1, 0.15) is 36.8 Å². The molecule has 6 heteroatoms. The largest absolute Gasteiger partial charge is 0.490 e. The highest BCUT2D eigenvalue weighted by Gasteiger charge is 2.14. The van der Waals surface area contributed by atoms with Crippen LogP contribution in [0.15, 0.2) is 53.9 Å². The van der Waals surface area contributed by atoms with E-state index in [-0.39, 0.29) is 11.1 Å². The Morgan fingerprint density at radius 2 is 1.71 bits per heavy atom. The highest BCUT2D eigenvalue weighted by molar-refractivity contribution is 7.13. The van der Waals surface area contributed by atoms with Crippen molar-refractivity contribution in [1.29, 1.82) is 0 Å². The van der Waals surface area contributed by atoms with Gasteiger partial charge in [0.25, 0.3) is 0 Å². The molecule has 0 aliphatic rings. The lowest BCUT2D eigenvalue weighted by atomic mass is 9.87. The molecule has 1 N–H and O–H groups in total. The minimum atomic E-state index is -1.04. The van der Waals surface area contributed by atoms with Gasteiger partial charge >= 0.3 is 5.97 Å². The van der Waals surface area contributed by atoms with Crippen molar-refractivity contribution in [1.82, 2.24) is 4.98 Å². The quantitative estimate of drug-likeness (QED) is 0.551. The third-order valence-electron chi connectivity index (χ3n) is 4.17. The molecule has 3 rings (SSSR count). The molecular weight excluding hydrogens is 374 g/mol. The van der Waals surface area contributed by atoms with Gasteiger partial charge in [-0.2, -0.15) is 0 Å². The van der Waals surface area contributed by atoms with E-state index in [1.807, 2.05) is 36.4 Å². The van der Waals surface area contributed by atoms with Crippen molar-refractivity contribution in [3.8, 4) is 22.1 Å². The van der Waals surface area contributed by atoms with Crippen LogP contribution in [0.5, 0.6) is 11.5 Å². The third-order valence-corrected chi connectivity index (χ3v) is 5.05. The number of rotatable bonds is 7. The fourth-order valence-electron chi connectivity index (χ4n) is 2.63. The number of carboxylic acid groups (broad SMARTS) is 1. The molecule has 0 fully saturated rings. The first-order valence-electron chi connectivity index (χ1n) is 8.99. The molecule has 0 saturated carbocycles. The van der Waals surface area contributed by atoms with Crippen molar-refractivity contribution >= 4 is 17.3 Å². The fraction of sp³-hybridized carbons (Fsp3) is 0.273. The van der Waals surface area contributed by atoms with Gasteiger partial charge in [-0.3, -0.25) is 0 Å². The molecule has 3 aromatic rings. The predicted octanol–water partition coefficient (Wildman–Crippen LogP) is 5.26. The van der Waals surface area contributed by atoms with Gasteiger partial charge in [0.1, 0.15) is 29.7 Å². The van der Waals surface area contributed by atoms with Crippen molar-refractivity contribution in [2.24, 2.45) is 0 Å². The smallest absolute Gasteiger partial charge is 0.355 e. The van der Waals surface area contributed by atoms with Gasteiger partial charge in [0.05, 0.1) is 5.56 Å². The minimum absolute atomic E-state index is 0.0387. The van der Waals surface area contributed by atoms with E-state index in [1.165, 1.54) is 22.3 Å². The molecule has 28 heavy (non-hydrogen) atoms. The Kier molecular flexibility index (Phi) is 5.99. The van der Waals surface area contributed by atoms with E-state index in [2.05, 4.69) is 37.9 Å². The van der Waals surface area contributed by atoms with Crippen LogP contribution < -0.4 is 9.47 Å². The van der Waals surface area contributed by atoms with E-state index in [1.54, 1.807) is 0 Å².